The standard InChI is InChI=1S/C15H26N2O2/c1-15(2,17(4)5)14(16-3)13-11(18-6)9-8-10-12(13)19-7/h8-10,14,16H,1-7H3. The fourth-order valence-corrected chi connectivity index (χ4v) is 2.27. The Hall–Kier alpha value is -1.26. The second-order valence-electron chi connectivity index (χ2n) is 5.35. The number of methoxy groups -OCH3 is 2. The minimum atomic E-state index is -0.0866. The third-order valence-corrected chi connectivity index (χ3v) is 3.90. The van der Waals surface area contributed by atoms with Crippen molar-refractivity contribution >= 4 is 0 Å². The summed E-state index contributed by atoms with van der Waals surface area (Å²) < 4.78 is 11.0. The van der Waals surface area contributed by atoms with E-state index in [1.807, 2.05) is 25.2 Å². The highest BCUT2D eigenvalue weighted by Crippen LogP contribution is 2.40. The maximum atomic E-state index is 5.51. The largest absolute Gasteiger partial charge is 0.496 e. The van der Waals surface area contributed by atoms with Gasteiger partial charge in [0.25, 0.3) is 0 Å². The number of hydrogen-bond acceptors (Lipinski definition) is 4. The Morgan fingerprint density at radius 3 is 1.89 bits per heavy atom. The molecule has 4 nitrogen and oxygen atoms in total. The first-order chi connectivity index (χ1) is 8.89. The molecule has 0 amide bonds. The Bertz CT molecular complexity index is 394. The number of benzene rings is 1. The SMILES string of the molecule is CNC(c1c(OC)cccc1OC)C(C)(C)N(C)C. The van der Waals surface area contributed by atoms with Crippen LogP contribution in [0.1, 0.15) is 25.5 Å². The molecule has 1 atom stereocenters. The van der Waals surface area contributed by atoms with Crippen LogP contribution in [0.5, 0.6) is 11.5 Å². The van der Waals surface area contributed by atoms with Gasteiger partial charge < -0.3 is 19.7 Å². The van der Waals surface area contributed by atoms with Crippen LogP contribution in [-0.2, 0) is 0 Å². The van der Waals surface area contributed by atoms with Gasteiger partial charge in [-0.25, -0.2) is 0 Å². The van der Waals surface area contributed by atoms with Crippen molar-refractivity contribution in [2.24, 2.45) is 0 Å². The lowest BCUT2D eigenvalue weighted by Gasteiger charge is -2.41. The monoisotopic (exact) mass is 266 g/mol. The molecule has 0 bridgehead atoms. The van der Waals surface area contributed by atoms with Crippen LogP contribution in [0.15, 0.2) is 18.2 Å². The lowest BCUT2D eigenvalue weighted by molar-refractivity contribution is 0.139. The van der Waals surface area contributed by atoms with E-state index >= 15 is 0 Å². The first-order valence-electron chi connectivity index (χ1n) is 6.45. The second kappa shape index (κ2) is 6.26. The smallest absolute Gasteiger partial charge is 0.127 e. The summed E-state index contributed by atoms with van der Waals surface area (Å²) in [5, 5.41) is 3.39. The topological polar surface area (TPSA) is 33.7 Å². The molecule has 0 saturated carbocycles. The predicted octanol–water partition coefficient (Wildman–Crippen LogP) is 2.30. The maximum Gasteiger partial charge on any atom is 0.127 e. The number of nitrogens with one attached hydrogen (secondary N) is 1. The molecule has 0 aliphatic heterocycles. The van der Waals surface area contributed by atoms with Crippen molar-refractivity contribution < 1.29 is 9.47 Å². The second-order valence-corrected chi connectivity index (χ2v) is 5.35. The molecule has 4 heteroatoms. The van der Waals surface area contributed by atoms with Crippen LogP contribution in [-0.4, -0.2) is 45.8 Å². The highest BCUT2D eigenvalue weighted by atomic mass is 16.5. The van der Waals surface area contributed by atoms with E-state index in [1.165, 1.54) is 0 Å². The molecule has 1 aromatic rings. The van der Waals surface area contributed by atoms with Crippen molar-refractivity contribution in [2.75, 3.05) is 35.4 Å². The van der Waals surface area contributed by atoms with E-state index in [0.29, 0.717) is 0 Å². The number of hydrogen-bond donors (Lipinski definition) is 1. The zero-order valence-corrected chi connectivity index (χ0v) is 13.1. The quantitative estimate of drug-likeness (QED) is 0.856. The van der Waals surface area contributed by atoms with Crippen molar-refractivity contribution in [1.82, 2.24) is 10.2 Å². The van der Waals surface area contributed by atoms with Gasteiger partial charge in [0, 0.05) is 5.54 Å². The van der Waals surface area contributed by atoms with E-state index in [1.54, 1.807) is 14.2 Å². The predicted molar refractivity (Wildman–Crippen MR) is 79.1 cm³/mol. The van der Waals surface area contributed by atoms with Gasteiger partial charge in [0.1, 0.15) is 11.5 Å². The minimum absolute atomic E-state index is 0.0866. The fourth-order valence-electron chi connectivity index (χ4n) is 2.27. The van der Waals surface area contributed by atoms with E-state index in [9.17, 15) is 0 Å². The molecule has 0 heterocycles. The van der Waals surface area contributed by atoms with Gasteiger partial charge in [-0.05, 0) is 47.1 Å². The molecule has 0 aliphatic carbocycles. The Labute approximate surface area is 116 Å². The first kappa shape index (κ1) is 15.8. The van der Waals surface area contributed by atoms with E-state index in [4.69, 9.17) is 9.47 Å². The Kier molecular flexibility index (Phi) is 5.20. The molecule has 19 heavy (non-hydrogen) atoms. The first-order valence-corrected chi connectivity index (χ1v) is 6.45. The molecule has 1 N–H and O–H groups in total. The van der Waals surface area contributed by atoms with Crippen molar-refractivity contribution in [3.05, 3.63) is 23.8 Å². The van der Waals surface area contributed by atoms with Gasteiger partial charge in [0.15, 0.2) is 0 Å². The van der Waals surface area contributed by atoms with Crippen LogP contribution >= 0.6 is 0 Å². The normalized spacial score (nSPS) is 13.5. The van der Waals surface area contributed by atoms with E-state index in [0.717, 1.165) is 17.1 Å². The lowest BCUT2D eigenvalue weighted by atomic mass is 9.86. The Morgan fingerprint density at radius 1 is 1.11 bits per heavy atom. The number of rotatable bonds is 6. The van der Waals surface area contributed by atoms with Gasteiger partial charge in [0.05, 0.1) is 25.8 Å². The summed E-state index contributed by atoms with van der Waals surface area (Å²) in [5.41, 5.74) is 0.963. The van der Waals surface area contributed by atoms with Gasteiger partial charge in [-0.15, -0.1) is 0 Å². The van der Waals surface area contributed by atoms with Gasteiger partial charge in [0.2, 0.25) is 0 Å². The zero-order chi connectivity index (χ0) is 14.6. The molecule has 1 rings (SSSR count). The summed E-state index contributed by atoms with van der Waals surface area (Å²) in [6.45, 7) is 4.39. The highest BCUT2D eigenvalue weighted by molar-refractivity contribution is 5.48. The fraction of sp³-hybridized carbons (Fsp3) is 0.600. The molecular formula is C15H26N2O2. The van der Waals surface area contributed by atoms with Crippen LogP contribution in [0, 0.1) is 0 Å². The third kappa shape index (κ3) is 3.01. The highest BCUT2D eigenvalue weighted by Gasteiger charge is 2.35. The average molecular weight is 266 g/mol. The van der Waals surface area contributed by atoms with Crippen LogP contribution in [0.3, 0.4) is 0 Å². The summed E-state index contributed by atoms with van der Waals surface area (Å²) >= 11 is 0. The van der Waals surface area contributed by atoms with Crippen LogP contribution < -0.4 is 14.8 Å². The van der Waals surface area contributed by atoms with E-state index in [2.05, 4.69) is 38.2 Å². The summed E-state index contributed by atoms with van der Waals surface area (Å²) in [7, 11) is 9.49. The zero-order valence-electron chi connectivity index (χ0n) is 13.1. The van der Waals surface area contributed by atoms with Crippen LogP contribution in [0.2, 0.25) is 0 Å². The number of likely N-dealkylation sites (N-methyl/N-ethyl adjacent to an activating group) is 2. The van der Waals surface area contributed by atoms with Gasteiger partial charge >= 0.3 is 0 Å². The molecule has 0 radical (unpaired) electrons. The summed E-state index contributed by atoms with van der Waals surface area (Å²) in [4.78, 5) is 2.19. The molecule has 0 fully saturated rings. The van der Waals surface area contributed by atoms with Crippen molar-refractivity contribution in [2.45, 2.75) is 25.4 Å². The Balaban J connectivity index is 3.39. The van der Waals surface area contributed by atoms with Crippen molar-refractivity contribution in [3.8, 4) is 11.5 Å². The van der Waals surface area contributed by atoms with E-state index < -0.39 is 0 Å². The summed E-state index contributed by atoms with van der Waals surface area (Å²) in [6, 6.07) is 5.96. The van der Waals surface area contributed by atoms with Gasteiger partial charge in [-0.3, -0.25) is 0 Å². The van der Waals surface area contributed by atoms with Crippen LogP contribution in [0.4, 0.5) is 0 Å². The summed E-state index contributed by atoms with van der Waals surface area (Å²) in [5.74, 6) is 1.68. The van der Waals surface area contributed by atoms with Gasteiger partial charge in [-0.2, -0.15) is 0 Å². The third-order valence-electron chi connectivity index (χ3n) is 3.90. The molecule has 1 unspecified atom stereocenters. The average Bonchev–Trinajstić information content (AvgIpc) is 2.39. The minimum Gasteiger partial charge on any atom is -0.496 e. The molecule has 0 aromatic heterocycles. The summed E-state index contributed by atoms with van der Waals surface area (Å²) in [6.07, 6.45) is 0. The van der Waals surface area contributed by atoms with E-state index in [-0.39, 0.29) is 11.6 Å². The number of ether oxygens (including phenoxy) is 2. The van der Waals surface area contributed by atoms with Crippen LogP contribution in [0.25, 0.3) is 0 Å². The molecule has 0 aliphatic rings. The van der Waals surface area contributed by atoms with Crippen molar-refractivity contribution in [1.29, 1.82) is 0 Å². The molecule has 0 saturated heterocycles. The van der Waals surface area contributed by atoms with Gasteiger partial charge in [-0.1, -0.05) is 6.07 Å². The lowest BCUT2D eigenvalue weighted by Crippen LogP contribution is -2.48. The molecular weight excluding hydrogens is 240 g/mol. The number of nitrogens with zero attached hydrogens (tertiary/aromatic N) is 1. The Morgan fingerprint density at radius 2 is 1.58 bits per heavy atom. The molecule has 0 spiro atoms. The molecule has 1 aromatic carbocycles. The maximum absolute atomic E-state index is 5.51. The molecule has 108 valence electrons. The van der Waals surface area contributed by atoms with Crippen molar-refractivity contribution in [3.63, 3.8) is 0 Å².